The van der Waals surface area contributed by atoms with Gasteiger partial charge < -0.3 is 14.2 Å². The van der Waals surface area contributed by atoms with Crippen LogP contribution in [0.15, 0.2) is 85.1 Å². The van der Waals surface area contributed by atoms with Crippen molar-refractivity contribution in [1.29, 1.82) is 0 Å². The first-order chi connectivity index (χ1) is 37.5. The van der Waals surface area contributed by atoms with E-state index in [2.05, 4.69) is 106 Å². The summed E-state index contributed by atoms with van der Waals surface area (Å²) in [5.41, 5.74) is 0. The minimum atomic E-state index is -0.785. The first-order valence-electron chi connectivity index (χ1n) is 32.6. The van der Waals surface area contributed by atoms with Crippen LogP contribution in [0.2, 0.25) is 0 Å². The molecular weight excluding hydrogens is 937 g/mol. The fourth-order valence-electron chi connectivity index (χ4n) is 9.23. The lowest BCUT2D eigenvalue weighted by molar-refractivity contribution is -0.167. The molecule has 0 aliphatic heterocycles. The van der Waals surface area contributed by atoms with Crippen LogP contribution in [-0.2, 0) is 28.6 Å². The normalized spacial score (nSPS) is 12.6. The first kappa shape index (κ1) is 72.6. The summed E-state index contributed by atoms with van der Waals surface area (Å²) in [4.78, 5) is 38.4. The van der Waals surface area contributed by atoms with E-state index in [9.17, 15) is 14.4 Å². The molecule has 438 valence electrons. The monoisotopic (exact) mass is 1060 g/mol. The number of unbranched alkanes of at least 4 members (excludes halogenated alkanes) is 34. The van der Waals surface area contributed by atoms with Gasteiger partial charge in [0.1, 0.15) is 13.2 Å². The smallest absolute Gasteiger partial charge is 0.306 e. The lowest BCUT2D eigenvalue weighted by Gasteiger charge is -2.18. The molecule has 0 spiro atoms. The number of allylic oxidation sites excluding steroid dienone is 14. The Hall–Kier alpha value is -3.41. The number of ether oxygens (including phenoxy) is 3. The summed E-state index contributed by atoms with van der Waals surface area (Å²) in [5, 5.41) is 0. The van der Waals surface area contributed by atoms with Crippen LogP contribution in [0.25, 0.3) is 0 Å². The summed E-state index contributed by atoms with van der Waals surface area (Å²) in [6.07, 6.45) is 84.4. The third-order valence-electron chi connectivity index (χ3n) is 14.1. The SMILES string of the molecule is CC/C=C\C/C=C\C/C=C\C/C=C\CCCCCCCCCCCCC(=O)OCC(COC(=O)CCCCCCC/C=C\CCCCCCCCC)OC(=O)CCCCCCCCCCC/C=C\C/C=C\CCCCC. The zero-order valence-electron chi connectivity index (χ0n) is 50.3. The largest absolute Gasteiger partial charge is 0.462 e. The van der Waals surface area contributed by atoms with E-state index < -0.39 is 6.10 Å². The average Bonchev–Trinajstić information content (AvgIpc) is 3.42. The van der Waals surface area contributed by atoms with Crippen LogP contribution in [0.3, 0.4) is 0 Å². The van der Waals surface area contributed by atoms with Crippen LogP contribution in [0.1, 0.15) is 323 Å². The molecule has 6 heteroatoms. The lowest BCUT2D eigenvalue weighted by Crippen LogP contribution is -2.30. The van der Waals surface area contributed by atoms with Crippen molar-refractivity contribution in [3.8, 4) is 0 Å². The minimum Gasteiger partial charge on any atom is -0.462 e. The van der Waals surface area contributed by atoms with Gasteiger partial charge in [0.05, 0.1) is 0 Å². The Morgan fingerprint density at radius 2 is 0.513 bits per heavy atom. The highest BCUT2D eigenvalue weighted by Crippen LogP contribution is 2.16. The van der Waals surface area contributed by atoms with Crippen molar-refractivity contribution in [3.63, 3.8) is 0 Å². The second kappa shape index (κ2) is 64.1. The van der Waals surface area contributed by atoms with Crippen molar-refractivity contribution in [2.75, 3.05) is 13.2 Å². The topological polar surface area (TPSA) is 78.9 Å². The molecular formula is C70H122O6. The highest BCUT2D eigenvalue weighted by atomic mass is 16.6. The van der Waals surface area contributed by atoms with Crippen LogP contribution in [-0.4, -0.2) is 37.2 Å². The van der Waals surface area contributed by atoms with Crippen LogP contribution < -0.4 is 0 Å². The van der Waals surface area contributed by atoms with E-state index in [-0.39, 0.29) is 31.1 Å². The van der Waals surface area contributed by atoms with Crippen LogP contribution in [0.5, 0.6) is 0 Å². The standard InChI is InChI=1S/C70H122O6/c1-4-7-10-13-16-19-22-25-28-31-33-34-35-36-38-39-42-45-48-51-54-57-60-63-69(72)75-66-67(65-74-68(71)62-59-56-53-50-47-44-41-30-27-24-21-18-15-12-9-6-3)76-70(73)64-61-58-55-52-49-46-43-40-37-32-29-26-23-20-17-14-11-8-5-2/h7,10,16-17,19-20,25-26,28-30,33-34,41,67H,4-6,8-9,11-15,18,21-24,27,31-32,35-40,42-66H2,1-3H3/b10-7-,19-16-,20-17-,28-25-,29-26-,34-33-,41-30-. The molecule has 0 heterocycles. The van der Waals surface area contributed by atoms with Crippen molar-refractivity contribution in [2.24, 2.45) is 0 Å². The number of hydrogen-bond donors (Lipinski definition) is 0. The maximum Gasteiger partial charge on any atom is 0.306 e. The molecule has 1 unspecified atom stereocenters. The van der Waals surface area contributed by atoms with E-state index in [1.165, 1.54) is 186 Å². The number of hydrogen-bond acceptors (Lipinski definition) is 6. The van der Waals surface area contributed by atoms with E-state index in [4.69, 9.17) is 14.2 Å². The minimum absolute atomic E-state index is 0.0817. The third kappa shape index (κ3) is 61.4. The Morgan fingerprint density at radius 1 is 0.276 bits per heavy atom. The Morgan fingerprint density at radius 3 is 0.842 bits per heavy atom. The van der Waals surface area contributed by atoms with Gasteiger partial charge >= 0.3 is 17.9 Å². The number of esters is 3. The molecule has 0 radical (unpaired) electrons. The van der Waals surface area contributed by atoms with Gasteiger partial charge in [0.25, 0.3) is 0 Å². The zero-order chi connectivity index (χ0) is 55.0. The van der Waals surface area contributed by atoms with Gasteiger partial charge in [-0.25, -0.2) is 0 Å². The van der Waals surface area contributed by atoms with Crippen LogP contribution in [0, 0.1) is 0 Å². The first-order valence-corrected chi connectivity index (χ1v) is 32.6. The number of carbonyl (C=O) groups is 3. The van der Waals surface area contributed by atoms with Crippen LogP contribution >= 0.6 is 0 Å². The molecule has 0 aromatic rings. The van der Waals surface area contributed by atoms with E-state index in [0.717, 1.165) is 96.3 Å². The Bertz CT molecular complexity index is 1450. The number of carbonyl (C=O) groups excluding carboxylic acids is 3. The van der Waals surface area contributed by atoms with Crippen molar-refractivity contribution >= 4 is 17.9 Å². The summed E-state index contributed by atoms with van der Waals surface area (Å²) in [7, 11) is 0. The van der Waals surface area contributed by atoms with E-state index in [1.54, 1.807) is 0 Å². The van der Waals surface area contributed by atoms with E-state index >= 15 is 0 Å². The Kier molecular flexibility index (Phi) is 61.2. The molecule has 0 rings (SSSR count). The zero-order valence-corrected chi connectivity index (χ0v) is 50.3. The van der Waals surface area contributed by atoms with Crippen molar-refractivity contribution in [2.45, 2.75) is 329 Å². The second-order valence-corrected chi connectivity index (χ2v) is 21.6. The summed E-state index contributed by atoms with van der Waals surface area (Å²) < 4.78 is 16.9. The van der Waals surface area contributed by atoms with Crippen molar-refractivity contribution in [3.05, 3.63) is 85.1 Å². The quantitative estimate of drug-likeness (QED) is 0.0261. The van der Waals surface area contributed by atoms with E-state index in [1.807, 2.05) is 0 Å². The molecule has 0 N–H and O–H groups in total. The Balaban J connectivity index is 4.37. The second-order valence-electron chi connectivity index (χ2n) is 21.6. The molecule has 0 aliphatic carbocycles. The maximum atomic E-state index is 12.9. The van der Waals surface area contributed by atoms with Gasteiger partial charge in [-0.05, 0) is 116 Å². The molecule has 0 saturated heterocycles. The van der Waals surface area contributed by atoms with Gasteiger partial charge in [-0.3, -0.25) is 14.4 Å². The van der Waals surface area contributed by atoms with Gasteiger partial charge in [-0.15, -0.1) is 0 Å². The van der Waals surface area contributed by atoms with Crippen LogP contribution in [0.4, 0.5) is 0 Å². The molecule has 0 aliphatic rings. The summed E-state index contributed by atoms with van der Waals surface area (Å²) in [5.74, 6) is -0.884. The molecule has 0 amide bonds. The summed E-state index contributed by atoms with van der Waals surface area (Å²) >= 11 is 0. The van der Waals surface area contributed by atoms with E-state index in [0.29, 0.717) is 19.3 Å². The highest BCUT2D eigenvalue weighted by molar-refractivity contribution is 5.71. The van der Waals surface area contributed by atoms with Crippen molar-refractivity contribution in [1.82, 2.24) is 0 Å². The van der Waals surface area contributed by atoms with Gasteiger partial charge in [0.15, 0.2) is 6.10 Å². The highest BCUT2D eigenvalue weighted by Gasteiger charge is 2.19. The van der Waals surface area contributed by atoms with Gasteiger partial charge in [-0.1, -0.05) is 273 Å². The molecule has 1 atom stereocenters. The predicted molar refractivity (Wildman–Crippen MR) is 330 cm³/mol. The lowest BCUT2D eigenvalue weighted by atomic mass is 10.1. The molecule has 0 bridgehead atoms. The predicted octanol–water partition coefficient (Wildman–Crippen LogP) is 22.3. The van der Waals surface area contributed by atoms with Gasteiger partial charge in [0.2, 0.25) is 0 Å². The fourth-order valence-corrected chi connectivity index (χ4v) is 9.23. The summed E-state index contributed by atoms with van der Waals surface area (Å²) in [6.45, 7) is 6.52. The van der Waals surface area contributed by atoms with Crippen molar-refractivity contribution < 1.29 is 28.6 Å². The molecule has 0 aromatic heterocycles. The third-order valence-corrected chi connectivity index (χ3v) is 14.1. The average molecular weight is 1060 g/mol. The molecule has 0 fully saturated rings. The van der Waals surface area contributed by atoms with Gasteiger partial charge in [0, 0.05) is 19.3 Å². The molecule has 76 heavy (non-hydrogen) atoms. The molecule has 0 aromatic carbocycles. The summed E-state index contributed by atoms with van der Waals surface area (Å²) in [6, 6.07) is 0. The fraction of sp³-hybridized carbons (Fsp3) is 0.757. The number of rotatable bonds is 59. The van der Waals surface area contributed by atoms with Gasteiger partial charge in [-0.2, -0.15) is 0 Å². The molecule has 6 nitrogen and oxygen atoms in total. The molecule has 0 saturated carbocycles. The maximum absolute atomic E-state index is 12.9. The Labute approximate surface area is 471 Å².